The monoisotopic (exact) mass is 262 g/mol. The molecule has 2 rings (SSSR count). The summed E-state index contributed by atoms with van der Waals surface area (Å²) in [5, 5.41) is 9.13. The minimum atomic E-state index is -3.61. The Morgan fingerprint density at radius 2 is 1.28 bits per heavy atom. The molecule has 2 aromatic rings. The lowest BCUT2D eigenvalue weighted by Crippen LogP contribution is -2.01. The molecule has 0 aliphatic heterocycles. The van der Waals surface area contributed by atoms with Crippen molar-refractivity contribution in [2.24, 2.45) is 0 Å². The Morgan fingerprint density at radius 3 is 1.72 bits per heavy atom. The molecule has 0 spiro atoms. The van der Waals surface area contributed by atoms with Crippen LogP contribution in [0, 0.1) is 0 Å². The van der Waals surface area contributed by atoms with Crippen LogP contribution in [0.3, 0.4) is 0 Å². The van der Waals surface area contributed by atoms with Crippen molar-refractivity contribution in [1.29, 1.82) is 0 Å². The van der Waals surface area contributed by atoms with Crippen LogP contribution in [-0.2, 0) is 9.84 Å². The number of rotatable bonds is 3. The summed E-state index contributed by atoms with van der Waals surface area (Å²) in [6.07, 6.45) is 0.650. The number of aldehydes is 1. The first-order valence-electron chi connectivity index (χ1n) is 5.13. The molecule has 0 saturated heterocycles. The van der Waals surface area contributed by atoms with E-state index in [-0.39, 0.29) is 15.5 Å². The quantitative estimate of drug-likeness (QED) is 0.859. The highest BCUT2D eigenvalue weighted by Crippen LogP contribution is 2.22. The number of carbonyl (C=O) groups excluding carboxylic acids is 1. The Bertz CT molecular complexity index is 655. The third kappa shape index (κ3) is 2.26. The first-order valence-corrected chi connectivity index (χ1v) is 6.62. The molecule has 2 aromatic carbocycles. The van der Waals surface area contributed by atoms with Crippen molar-refractivity contribution in [3.05, 3.63) is 54.1 Å². The highest BCUT2D eigenvalue weighted by atomic mass is 32.2. The molecule has 0 amide bonds. The van der Waals surface area contributed by atoms with Crippen molar-refractivity contribution in [2.75, 3.05) is 0 Å². The minimum Gasteiger partial charge on any atom is -0.508 e. The summed E-state index contributed by atoms with van der Waals surface area (Å²) in [4.78, 5) is 10.7. The number of phenolic OH excluding ortho intramolecular Hbond substituents is 1. The van der Waals surface area contributed by atoms with Crippen LogP contribution in [-0.4, -0.2) is 19.8 Å². The summed E-state index contributed by atoms with van der Waals surface area (Å²) >= 11 is 0. The van der Waals surface area contributed by atoms with Crippen LogP contribution in [0.25, 0.3) is 0 Å². The molecule has 0 aromatic heterocycles. The zero-order valence-electron chi connectivity index (χ0n) is 9.28. The van der Waals surface area contributed by atoms with Gasteiger partial charge < -0.3 is 5.11 Å². The molecule has 1 N–H and O–H groups in total. The van der Waals surface area contributed by atoms with Crippen molar-refractivity contribution in [3.8, 4) is 5.75 Å². The van der Waals surface area contributed by atoms with Crippen LogP contribution in [0.5, 0.6) is 5.75 Å². The van der Waals surface area contributed by atoms with Gasteiger partial charge >= 0.3 is 0 Å². The third-order valence-corrected chi connectivity index (χ3v) is 4.26. The van der Waals surface area contributed by atoms with E-state index in [9.17, 15) is 13.2 Å². The van der Waals surface area contributed by atoms with Gasteiger partial charge in [0.15, 0.2) is 0 Å². The van der Waals surface area contributed by atoms with E-state index < -0.39 is 9.84 Å². The largest absolute Gasteiger partial charge is 0.508 e. The number of hydrogen-bond donors (Lipinski definition) is 1. The van der Waals surface area contributed by atoms with Crippen LogP contribution < -0.4 is 0 Å². The van der Waals surface area contributed by atoms with Gasteiger partial charge in [0.05, 0.1) is 9.79 Å². The lowest BCUT2D eigenvalue weighted by Gasteiger charge is -2.04. The smallest absolute Gasteiger partial charge is 0.206 e. The molecule has 0 atom stereocenters. The van der Waals surface area contributed by atoms with E-state index in [1.54, 1.807) is 0 Å². The average molecular weight is 262 g/mol. The molecule has 92 valence electrons. The molecular weight excluding hydrogens is 252 g/mol. The fourth-order valence-corrected chi connectivity index (χ4v) is 2.75. The number of benzene rings is 2. The minimum absolute atomic E-state index is 0.00486. The van der Waals surface area contributed by atoms with Crippen molar-refractivity contribution in [1.82, 2.24) is 0 Å². The van der Waals surface area contributed by atoms with E-state index in [0.29, 0.717) is 11.8 Å². The zero-order chi connectivity index (χ0) is 13.2. The summed E-state index contributed by atoms with van der Waals surface area (Å²) in [7, 11) is -3.61. The van der Waals surface area contributed by atoms with Gasteiger partial charge in [0.25, 0.3) is 0 Å². The number of carbonyl (C=O) groups is 1. The second kappa shape index (κ2) is 4.62. The second-order valence-corrected chi connectivity index (χ2v) is 5.63. The normalized spacial score (nSPS) is 11.1. The van der Waals surface area contributed by atoms with Crippen LogP contribution in [0.15, 0.2) is 58.3 Å². The van der Waals surface area contributed by atoms with E-state index in [1.165, 1.54) is 48.5 Å². The van der Waals surface area contributed by atoms with Gasteiger partial charge in [0, 0.05) is 5.56 Å². The summed E-state index contributed by atoms with van der Waals surface area (Å²) < 4.78 is 24.3. The number of phenols is 1. The predicted molar refractivity (Wildman–Crippen MR) is 65.4 cm³/mol. The van der Waals surface area contributed by atoms with Gasteiger partial charge in [-0.3, -0.25) is 4.79 Å². The average Bonchev–Trinajstić information content (AvgIpc) is 2.39. The molecule has 0 aliphatic rings. The van der Waals surface area contributed by atoms with Crippen LogP contribution in [0.4, 0.5) is 0 Å². The van der Waals surface area contributed by atoms with Gasteiger partial charge in [-0.25, -0.2) is 8.42 Å². The summed E-state index contributed by atoms with van der Waals surface area (Å²) in [5.74, 6) is 0.00486. The lowest BCUT2D eigenvalue weighted by molar-refractivity contribution is 0.112. The maximum Gasteiger partial charge on any atom is 0.206 e. The Morgan fingerprint density at radius 1 is 0.833 bits per heavy atom. The SMILES string of the molecule is O=Cc1ccc(S(=O)(=O)c2ccc(O)cc2)cc1. The first-order chi connectivity index (χ1) is 8.54. The molecule has 0 radical (unpaired) electrons. The molecule has 18 heavy (non-hydrogen) atoms. The van der Waals surface area contributed by atoms with Gasteiger partial charge in [-0.05, 0) is 36.4 Å². The Hall–Kier alpha value is -2.14. The van der Waals surface area contributed by atoms with Gasteiger partial charge in [-0.2, -0.15) is 0 Å². The molecule has 0 unspecified atom stereocenters. The fraction of sp³-hybridized carbons (Fsp3) is 0. The molecule has 5 heteroatoms. The van der Waals surface area contributed by atoms with Gasteiger partial charge in [-0.15, -0.1) is 0 Å². The highest BCUT2D eigenvalue weighted by Gasteiger charge is 2.17. The molecule has 0 heterocycles. The summed E-state index contributed by atoms with van der Waals surface area (Å²) in [5.41, 5.74) is 0.416. The van der Waals surface area contributed by atoms with Crippen molar-refractivity contribution in [2.45, 2.75) is 9.79 Å². The van der Waals surface area contributed by atoms with Crippen molar-refractivity contribution >= 4 is 16.1 Å². The Kier molecular flexibility index (Phi) is 3.16. The van der Waals surface area contributed by atoms with Crippen LogP contribution >= 0.6 is 0 Å². The van der Waals surface area contributed by atoms with Gasteiger partial charge in [-0.1, -0.05) is 12.1 Å². The van der Waals surface area contributed by atoms with Crippen LogP contribution in [0.1, 0.15) is 10.4 Å². The lowest BCUT2D eigenvalue weighted by atomic mass is 10.2. The topological polar surface area (TPSA) is 71.4 Å². The highest BCUT2D eigenvalue weighted by molar-refractivity contribution is 7.91. The van der Waals surface area contributed by atoms with Crippen LogP contribution in [0.2, 0.25) is 0 Å². The fourth-order valence-electron chi connectivity index (χ4n) is 1.49. The zero-order valence-corrected chi connectivity index (χ0v) is 10.1. The molecule has 4 nitrogen and oxygen atoms in total. The Labute approximate surface area is 104 Å². The summed E-state index contributed by atoms with van der Waals surface area (Å²) in [6, 6.07) is 10.9. The predicted octanol–water partition coefficient (Wildman–Crippen LogP) is 2.04. The molecular formula is C13H10O4S. The molecule has 0 aliphatic carbocycles. The third-order valence-electron chi connectivity index (χ3n) is 2.47. The molecule has 0 fully saturated rings. The molecule has 0 saturated carbocycles. The van der Waals surface area contributed by atoms with E-state index in [4.69, 9.17) is 5.11 Å². The van der Waals surface area contributed by atoms with Gasteiger partial charge in [0.1, 0.15) is 12.0 Å². The van der Waals surface area contributed by atoms with Crippen molar-refractivity contribution < 1.29 is 18.3 Å². The van der Waals surface area contributed by atoms with Crippen molar-refractivity contribution in [3.63, 3.8) is 0 Å². The van der Waals surface area contributed by atoms with E-state index >= 15 is 0 Å². The van der Waals surface area contributed by atoms with E-state index in [2.05, 4.69) is 0 Å². The maximum absolute atomic E-state index is 12.2. The second-order valence-electron chi connectivity index (χ2n) is 3.68. The maximum atomic E-state index is 12.2. The standard InChI is InChI=1S/C13H10O4S/c14-9-10-1-5-12(6-2-10)18(16,17)13-7-3-11(15)4-8-13/h1-9,15H. The molecule has 0 bridgehead atoms. The van der Waals surface area contributed by atoms with Gasteiger partial charge in [0.2, 0.25) is 9.84 Å². The van der Waals surface area contributed by atoms with E-state index in [0.717, 1.165) is 0 Å². The first kappa shape index (κ1) is 12.3. The summed E-state index contributed by atoms with van der Waals surface area (Å²) in [6.45, 7) is 0. The Balaban J connectivity index is 2.47. The number of hydrogen-bond acceptors (Lipinski definition) is 4. The number of sulfone groups is 1. The van der Waals surface area contributed by atoms with E-state index in [1.807, 2.05) is 0 Å². The number of aromatic hydroxyl groups is 1.